The van der Waals surface area contributed by atoms with E-state index in [0.29, 0.717) is 25.6 Å². The van der Waals surface area contributed by atoms with Crippen LogP contribution in [0.25, 0.3) is 0 Å². The van der Waals surface area contributed by atoms with E-state index in [2.05, 4.69) is 0 Å². The number of carbonyl (C=O) groups excluding carboxylic acids is 1. The van der Waals surface area contributed by atoms with Crippen LogP contribution in [0.15, 0.2) is 0 Å². The highest BCUT2D eigenvalue weighted by Gasteiger charge is 2.37. The summed E-state index contributed by atoms with van der Waals surface area (Å²) in [5.41, 5.74) is 5.58. The summed E-state index contributed by atoms with van der Waals surface area (Å²) in [5.74, 6) is -0.579. The molecule has 1 aliphatic heterocycles. The number of carbonyl (C=O) groups is 2. The molecule has 2 amide bonds. The summed E-state index contributed by atoms with van der Waals surface area (Å²) >= 11 is 0. The Bertz CT molecular complexity index is 317. The molecule has 2 rings (SSSR count). The van der Waals surface area contributed by atoms with Gasteiger partial charge in [0.05, 0.1) is 0 Å². The van der Waals surface area contributed by atoms with Gasteiger partial charge in [0.15, 0.2) is 0 Å². The van der Waals surface area contributed by atoms with Gasteiger partial charge in [-0.05, 0) is 31.7 Å². The fourth-order valence-corrected chi connectivity index (χ4v) is 2.27. The van der Waals surface area contributed by atoms with Crippen molar-refractivity contribution in [3.05, 3.63) is 0 Å². The van der Waals surface area contributed by atoms with Crippen LogP contribution in [0.1, 0.15) is 19.3 Å². The van der Waals surface area contributed by atoms with Crippen LogP contribution < -0.4 is 5.73 Å². The third-order valence-electron chi connectivity index (χ3n) is 3.43. The van der Waals surface area contributed by atoms with Crippen LogP contribution in [0.4, 0.5) is 4.79 Å². The number of nitrogens with two attached hydrogens (primary N) is 1. The highest BCUT2D eigenvalue weighted by molar-refractivity contribution is 5.81. The number of rotatable bonds is 4. The third-order valence-corrected chi connectivity index (χ3v) is 3.43. The molecule has 1 saturated heterocycles. The largest absolute Gasteiger partial charge is 0.480 e. The van der Waals surface area contributed by atoms with E-state index in [1.54, 1.807) is 4.90 Å². The van der Waals surface area contributed by atoms with Gasteiger partial charge in [-0.1, -0.05) is 0 Å². The average Bonchev–Trinajstić information content (AvgIpc) is 3.02. The van der Waals surface area contributed by atoms with Crippen LogP contribution in [0.5, 0.6) is 0 Å². The molecule has 2 aliphatic rings. The van der Waals surface area contributed by atoms with E-state index >= 15 is 0 Å². The molecule has 6 heteroatoms. The maximum absolute atomic E-state index is 12.2. The van der Waals surface area contributed by atoms with Gasteiger partial charge in [0, 0.05) is 19.1 Å². The minimum absolute atomic E-state index is 0.133. The molecule has 0 spiro atoms. The van der Waals surface area contributed by atoms with Crippen molar-refractivity contribution in [1.29, 1.82) is 0 Å². The number of aliphatic carboxylic acids is 1. The standard InChI is InChI=1S/C11H19N3O3/c12-5-8-3-4-13(6-8)11(17)14(7-10(15)16)9-1-2-9/h8-9H,1-7,12H2,(H,15,16). The Balaban J connectivity index is 1.94. The molecule has 2 fully saturated rings. The summed E-state index contributed by atoms with van der Waals surface area (Å²) in [6, 6.07) is 0.00127. The van der Waals surface area contributed by atoms with Gasteiger partial charge < -0.3 is 20.6 Å². The summed E-state index contributed by atoms with van der Waals surface area (Å²) in [7, 11) is 0. The number of amides is 2. The molecule has 3 N–H and O–H groups in total. The lowest BCUT2D eigenvalue weighted by Crippen LogP contribution is -2.45. The van der Waals surface area contributed by atoms with Gasteiger partial charge >= 0.3 is 12.0 Å². The molecule has 1 aliphatic carbocycles. The molecule has 1 atom stereocenters. The SMILES string of the molecule is NCC1CCN(C(=O)N(CC(=O)O)C2CC2)C1. The molecule has 0 aromatic rings. The van der Waals surface area contributed by atoms with Crippen molar-refractivity contribution in [2.24, 2.45) is 11.7 Å². The molecule has 0 bridgehead atoms. The Morgan fingerprint density at radius 3 is 2.53 bits per heavy atom. The maximum atomic E-state index is 12.2. The smallest absolute Gasteiger partial charge is 0.323 e. The molecule has 1 saturated carbocycles. The quantitative estimate of drug-likeness (QED) is 0.721. The van der Waals surface area contributed by atoms with Crippen LogP contribution in [-0.2, 0) is 4.79 Å². The Morgan fingerprint density at radius 1 is 1.35 bits per heavy atom. The third kappa shape index (κ3) is 2.88. The first-order valence-electron chi connectivity index (χ1n) is 6.09. The van der Waals surface area contributed by atoms with Gasteiger partial charge in [-0.25, -0.2) is 4.79 Å². The summed E-state index contributed by atoms with van der Waals surface area (Å²) in [4.78, 5) is 26.1. The molecular weight excluding hydrogens is 222 g/mol. The number of carboxylic acid groups (broad SMARTS) is 1. The van der Waals surface area contributed by atoms with Crippen LogP contribution in [-0.4, -0.2) is 59.1 Å². The van der Waals surface area contributed by atoms with Crippen molar-refractivity contribution >= 4 is 12.0 Å². The zero-order valence-corrected chi connectivity index (χ0v) is 9.84. The zero-order chi connectivity index (χ0) is 12.4. The predicted octanol–water partition coefficient (Wildman–Crippen LogP) is -0.0640. The van der Waals surface area contributed by atoms with Crippen molar-refractivity contribution < 1.29 is 14.7 Å². The number of carboxylic acids is 1. The van der Waals surface area contributed by atoms with Crippen molar-refractivity contribution in [3.8, 4) is 0 Å². The van der Waals surface area contributed by atoms with Gasteiger partial charge in [0.25, 0.3) is 0 Å². The molecule has 0 radical (unpaired) electrons. The summed E-state index contributed by atoms with van der Waals surface area (Å²) < 4.78 is 0. The summed E-state index contributed by atoms with van der Waals surface area (Å²) in [6.45, 7) is 1.77. The second-order valence-electron chi connectivity index (χ2n) is 4.87. The van der Waals surface area contributed by atoms with E-state index in [-0.39, 0.29) is 18.6 Å². The summed E-state index contributed by atoms with van der Waals surface area (Å²) in [5, 5.41) is 8.82. The number of likely N-dealkylation sites (tertiary alicyclic amines) is 1. The first-order valence-corrected chi connectivity index (χ1v) is 6.09. The second-order valence-corrected chi connectivity index (χ2v) is 4.87. The average molecular weight is 241 g/mol. The molecule has 0 aromatic carbocycles. The van der Waals surface area contributed by atoms with E-state index < -0.39 is 5.97 Å². The molecule has 96 valence electrons. The monoisotopic (exact) mass is 241 g/mol. The van der Waals surface area contributed by atoms with E-state index in [1.165, 1.54) is 4.90 Å². The number of hydrogen-bond donors (Lipinski definition) is 2. The summed E-state index contributed by atoms with van der Waals surface area (Å²) in [6.07, 6.45) is 2.77. The van der Waals surface area contributed by atoms with Crippen LogP contribution in [0.3, 0.4) is 0 Å². The highest BCUT2D eigenvalue weighted by atomic mass is 16.4. The lowest BCUT2D eigenvalue weighted by atomic mass is 10.1. The van der Waals surface area contributed by atoms with E-state index in [0.717, 1.165) is 19.3 Å². The Kier molecular flexibility index (Phi) is 3.51. The molecule has 1 unspecified atom stereocenters. The number of nitrogens with zero attached hydrogens (tertiary/aromatic N) is 2. The van der Waals surface area contributed by atoms with Crippen molar-refractivity contribution in [2.75, 3.05) is 26.2 Å². The van der Waals surface area contributed by atoms with Gasteiger partial charge in [-0.15, -0.1) is 0 Å². The number of urea groups is 1. The van der Waals surface area contributed by atoms with Crippen molar-refractivity contribution in [3.63, 3.8) is 0 Å². The zero-order valence-electron chi connectivity index (χ0n) is 9.84. The first-order chi connectivity index (χ1) is 8.11. The highest BCUT2D eigenvalue weighted by Crippen LogP contribution is 2.28. The first kappa shape index (κ1) is 12.2. The van der Waals surface area contributed by atoms with Gasteiger partial charge in [-0.2, -0.15) is 0 Å². The van der Waals surface area contributed by atoms with E-state index in [9.17, 15) is 9.59 Å². The predicted molar refractivity (Wildman–Crippen MR) is 61.5 cm³/mol. The van der Waals surface area contributed by atoms with E-state index in [1.807, 2.05) is 0 Å². The van der Waals surface area contributed by atoms with Crippen LogP contribution in [0.2, 0.25) is 0 Å². The normalized spacial score (nSPS) is 23.8. The Labute approximate surface area is 100 Å². The van der Waals surface area contributed by atoms with Gasteiger partial charge in [0.1, 0.15) is 6.54 Å². The van der Waals surface area contributed by atoms with E-state index in [4.69, 9.17) is 10.8 Å². The topological polar surface area (TPSA) is 86.9 Å². The second kappa shape index (κ2) is 4.91. The minimum Gasteiger partial charge on any atom is -0.480 e. The molecule has 6 nitrogen and oxygen atoms in total. The van der Waals surface area contributed by atoms with Crippen molar-refractivity contribution in [2.45, 2.75) is 25.3 Å². The molecule has 0 aromatic heterocycles. The Morgan fingerprint density at radius 2 is 2.06 bits per heavy atom. The molecule has 17 heavy (non-hydrogen) atoms. The fourth-order valence-electron chi connectivity index (χ4n) is 2.27. The van der Waals surface area contributed by atoms with Crippen LogP contribution in [0, 0.1) is 5.92 Å². The van der Waals surface area contributed by atoms with Crippen molar-refractivity contribution in [1.82, 2.24) is 9.80 Å². The minimum atomic E-state index is -0.945. The maximum Gasteiger partial charge on any atom is 0.323 e. The fraction of sp³-hybridized carbons (Fsp3) is 0.818. The van der Waals surface area contributed by atoms with Crippen LogP contribution >= 0.6 is 0 Å². The van der Waals surface area contributed by atoms with Gasteiger partial charge in [-0.3, -0.25) is 4.79 Å². The van der Waals surface area contributed by atoms with Gasteiger partial charge in [0.2, 0.25) is 0 Å². The molecular formula is C11H19N3O3. The lowest BCUT2D eigenvalue weighted by Gasteiger charge is -2.26. The lowest BCUT2D eigenvalue weighted by molar-refractivity contribution is -0.137. The Hall–Kier alpha value is -1.30. The number of hydrogen-bond acceptors (Lipinski definition) is 3. The molecule has 1 heterocycles.